The van der Waals surface area contributed by atoms with Crippen LogP contribution in [-0.4, -0.2) is 36.1 Å². The van der Waals surface area contributed by atoms with Crippen molar-refractivity contribution < 1.29 is 0 Å². The normalized spacial score (nSPS) is 29.4. The first-order valence-electron chi connectivity index (χ1n) is 7.39. The van der Waals surface area contributed by atoms with E-state index in [4.69, 9.17) is 0 Å². The number of hydrogen-bond donors (Lipinski definition) is 1. The number of hydrogen-bond acceptors (Lipinski definition) is 2. The summed E-state index contributed by atoms with van der Waals surface area (Å²) in [5, 5.41) is 3.88. The fraction of sp³-hybridized carbons (Fsp3) is 0.867. The van der Waals surface area contributed by atoms with E-state index in [0.717, 1.165) is 12.6 Å². The summed E-state index contributed by atoms with van der Waals surface area (Å²) in [6.07, 6.45) is 11.7. The van der Waals surface area contributed by atoms with E-state index >= 15 is 0 Å². The fourth-order valence-corrected chi connectivity index (χ4v) is 3.60. The average Bonchev–Trinajstić information content (AvgIpc) is 2.35. The lowest BCUT2D eigenvalue weighted by molar-refractivity contribution is 0.0606. The van der Waals surface area contributed by atoms with Crippen molar-refractivity contribution in [1.29, 1.82) is 0 Å². The van der Waals surface area contributed by atoms with Crippen molar-refractivity contribution in [1.82, 2.24) is 10.2 Å². The van der Waals surface area contributed by atoms with Gasteiger partial charge in [-0.2, -0.15) is 0 Å². The molecular formula is C15H28N2. The highest BCUT2D eigenvalue weighted by Crippen LogP contribution is 2.32. The molecule has 2 heteroatoms. The molecule has 0 aromatic heterocycles. The highest BCUT2D eigenvalue weighted by atomic mass is 15.2. The molecule has 1 heterocycles. The number of nitrogens with zero attached hydrogens (tertiary/aromatic N) is 1. The van der Waals surface area contributed by atoms with E-state index in [1.807, 2.05) is 0 Å². The van der Waals surface area contributed by atoms with Crippen LogP contribution in [0.15, 0.2) is 12.7 Å². The minimum absolute atomic E-state index is 0.436. The van der Waals surface area contributed by atoms with Crippen LogP contribution in [0.25, 0.3) is 0 Å². The molecule has 1 saturated carbocycles. The van der Waals surface area contributed by atoms with Gasteiger partial charge in [0.15, 0.2) is 0 Å². The summed E-state index contributed by atoms with van der Waals surface area (Å²) in [6, 6.07) is 0.727. The molecule has 2 aliphatic rings. The minimum atomic E-state index is 0.436. The van der Waals surface area contributed by atoms with Gasteiger partial charge in [-0.05, 0) is 19.3 Å². The Morgan fingerprint density at radius 2 is 2.12 bits per heavy atom. The monoisotopic (exact) mass is 236 g/mol. The molecule has 1 aliphatic heterocycles. The van der Waals surface area contributed by atoms with Crippen LogP contribution < -0.4 is 5.32 Å². The van der Waals surface area contributed by atoms with Crippen molar-refractivity contribution >= 4 is 0 Å². The summed E-state index contributed by atoms with van der Waals surface area (Å²) >= 11 is 0. The minimum Gasteiger partial charge on any atom is -0.308 e. The van der Waals surface area contributed by atoms with Gasteiger partial charge >= 0.3 is 0 Å². The Morgan fingerprint density at radius 1 is 1.35 bits per heavy atom. The Labute approximate surface area is 106 Å². The van der Waals surface area contributed by atoms with E-state index in [0.29, 0.717) is 5.54 Å². The molecule has 98 valence electrons. The smallest absolute Gasteiger partial charge is 0.0309 e. The molecule has 2 rings (SSSR count). The van der Waals surface area contributed by atoms with Gasteiger partial charge in [0.05, 0.1) is 0 Å². The predicted octanol–water partition coefficient (Wildman–Crippen LogP) is 2.95. The second-order valence-electron chi connectivity index (χ2n) is 5.88. The molecular weight excluding hydrogens is 208 g/mol. The molecule has 1 N–H and O–H groups in total. The summed E-state index contributed by atoms with van der Waals surface area (Å²) in [5.74, 6) is 0. The molecule has 2 nitrogen and oxygen atoms in total. The first-order valence-corrected chi connectivity index (χ1v) is 7.39. The van der Waals surface area contributed by atoms with Crippen molar-refractivity contribution in [3.8, 4) is 0 Å². The molecule has 0 aromatic carbocycles. The molecule has 1 aliphatic carbocycles. The van der Waals surface area contributed by atoms with Crippen molar-refractivity contribution in [2.75, 3.05) is 19.6 Å². The topological polar surface area (TPSA) is 15.3 Å². The SMILES string of the molecule is C=CCN1CC2(CCCCC2)NCC1CCC. The van der Waals surface area contributed by atoms with Crippen molar-refractivity contribution in [3.05, 3.63) is 12.7 Å². The number of nitrogens with one attached hydrogen (secondary N) is 1. The van der Waals surface area contributed by atoms with Gasteiger partial charge in [0.25, 0.3) is 0 Å². The first-order chi connectivity index (χ1) is 8.29. The maximum Gasteiger partial charge on any atom is 0.0309 e. The van der Waals surface area contributed by atoms with Crippen LogP contribution in [0.4, 0.5) is 0 Å². The van der Waals surface area contributed by atoms with E-state index in [9.17, 15) is 0 Å². The summed E-state index contributed by atoms with van der Waals surface area (Å²) in [5.41, 5.74) is 0.436. The van der Waals surface area contributed by atoms with E-state index in [-0.39, 0.29) is 0 Å². The molecule has 1 unspecified atom stereocenters. The van der Waals surface area contributed by atoms with Crippen LogP contribution in [0.5, 0.6) is 0 Å². The Morgan fingerprint density at radius 3 is 2.76 bits per heavy atom. The summed E-state index contributed by atoms with van der Waals surface area (Å²) in [4.78, 5) is 2.66. The van der Waals surface area contributed by atoms with Gasteiger partial charge < -0.3 is 5.32 Å². The summed E-state index contributed by atoms with van der Waals surface area (Å²) < 4.78 is 0. The largest absolute Gasteiger partial charge is 0.308 e. The van der Waals surface area contributed by atoms with Gasteiger partial charge in [-0.3, -0.25) is 4.90 Å². The summed E-state index contributed by atoms with van der Waals surface area (Å²) in [6.45, 7) is 9.70. The molecule has 17 heavy (non-hydrogen) atoms. The van der Waals surface area contributed by atoms with Crippen LogP contribution in [0.2, 0.25) is 0 Å². The second kappa shape index (κ2) is 6.01. The van der Waals surface area contributed by atoms with E-state index < -0.39 is 0 Å². The zero-order valence-electron chi connectivity index (χ0n) is 11.4. The predicted molar refractivity (Wildman–Crippen MR) is 74.3 cm³/mol. The Kier molecular flexibility index (Phi) is 4.63. The molecule has 2 fully saturated rings. The van der Waals surface area contributed by atoms with Crippen LogP contribution in [0, 0.1) is 0 Å². The first kappa shape index (κ1) is 13.1. The lowest BCUT2D eigenvalue weighted by atomic mass is 9.79. The maximum absolute atomic E-state index is 3.92. The third kappa shape index (κ3) is 3.11. The highest BCUT2D eigenvalue weighted by Gasteiger charge is 2.38. The standard InChI is InChI=1S/C15H28N2/c1-3-8-14-12-16-15(9-6-5-7-10-15)13-17(14)11-4-2/h4,14,16H,2-3,5-13H2,1H3. The van der Waals surface area contributed by atoms with Crippen LogP contribution in [0.1, 0.15) is 51.9 Å². The lowest BCUT2D eigenvalue weighted by Gasteiger charge is -2.49. The third-order valence-electron chi connectivity index (χ3n) is 4.53. The quantitative estimate of drug-likeness (QED) is 0.755. The van der Waals surface area contributed by atoms with Crippen molar-refractivity contribution in [3.63, 3.8) is 0 Å². The third-order valence-corrected chi connectivity index (χ3v) is 4.53. The van der Waals surface area contributed by atoms with Gasteiger partial charge in [-0.25, -0.2) is 0 Å². The van der Waals surface area contributed by atoms with Gasteiger partial charge in [0.1, 0.15) is 0 Å². The van der Waals surface area contributed by atoms with E-state index in [2.05, 4.69) is 29.8 Å². The van der Waals surface area contributed by atoms with Gasteiger partial charge in [0, 0.05) is 31.2 Å². The molecule has 0 aromatic rings. The Balaban J connectivity index is 1.99. The number of rotatable bonds is 4. The Bertz CT molecular complexity index is 243. The fourth-order valence-electron chi connectivity index (χ4n) is 3.60. The second-order valence-corrected chi connectivity index (χ2v) is 5.88. The molecule has 0 amide bonds. The Hall–Kier alpha value is -0.340. The van der Waals surface area contributed by atoms with Gasteiger partial charge in [-0.1, -0.05) is 38.7 Å². The molecule has 0 bridgehead atoms. The van der Waals surface area contributed by atoms with Crippen LogP contribution >= 0.6 is 0 Å². The average molecular weight is 236 g/mol. The zero-order chi connectivity index (χ0) is 12.1. The van der Waals surface area contributed by atoms with Gasteiger partial charge in [0.2, 0.25) is 0 Å². The van der Waals surface area contributed by atoms with E-state index in [1.165, 1.54) is 58.0 Å². The summed E-state index contributed by atoms with van der Waals surface area (Å²) in [7, 11) is 0. The van der Waals surface area contributed by atoms with Crippen LogP contribution in [-0.2, 0) is 0 Å². The molecule has 1 spiro atoms. The zero-order valence-corrected chi connectivity index (χ0v) is 11.4. The maximum atomic E-state index is 3.92. The molecule has 1 atom stereocenters. The van der Waals surface area contributed by atoms with Gasteiger partial charge in [-0.15, -0.1) is 6.58 Å². The molecule has 0 radical (unpaired) electrons. The highest BCUT2D eigenvalue weighted by molar-refractivity contribution is 5.00. The van der Waals surface area contributed by atoms with Crippen molar-refractivity contribution in [2.45, 2.75) is 63.5 Å². The van der Waals surface area contributed by atoms with Crippen LogP contribution in [0.3, 0.4) is 0 Å². The van der Waals surface area contributed by atoms with E-state index in [1.54, 1.807) is 0 Å². The number of piperazine rings is 1. The lowest BCUT2D eigenvalue weighted by Crippen LogP contribution is -2.64. The molecule has 1 saturated heterocycles. The van der Waals surface area contributed by atoms with Crippen molar-refractivity contribution in [2.24, 2.45) is 0 Å².